The second kappa shape index (κ2) is 6.41. The quantitative estimate of drug-likeness (QED) is 0.675. The molecule has 0 saturated carbocycles. The number of aromatic hydroxyl groups is 1. The molecule has 3 saturated heterocycles. The van der Waals surface area contributed by atoms with Crippen molar-refractivity contribution >= 4 is 16.6 Å². The topological polar surface area (TPSA) is 105 Å². The Kier molecular flexibility index (Phi) is 3.94. The molecule has 2 aromatic rings. The first-order valence-electron chi connectivity index (χ1n) is 11.5. The molecule has 0 radical (unpaired) electrons. The third-order valence-corrected chi connectivity index (χ3v) is 8.21. The van der Waals surface area contributed by atoms with Crippen LogP contribution in [0.25, 0.3) is 10.8 Å². The van der Waals surface area contributed by atoms with Crippen molar-refractivity contribution < 1.29 is 43.1 Å². The number of ketones is 1. The van der Waals surface area contributed by atoms with Crippen LogP contribution < -0.4 is 9.47 Å². The van der Waals surface area contributed by atoms with Crippen molar-refractivity contribution in [3.63, 3.8) is 0 Å². The highest BCUT2D eigenvalue weighted by Gasteiger charge is 2.91. The Labute approximate surface area is 195 Å². The van der Waals surface area contributed by atoms with E-state index in [9.17, 15) is 9.90 Å². The second-order valence-corrected chi connectivity index (χ2v) is 9.72. The number of phenolic OH excluding ortho intramolecular Hbond substituents is 1. The first kappa shape index (κ1) is 20.9. The Morgan fingerprint density at radius 3 is 2.68 bits per heavy atom. The van der Waals surface area contributed by atoms with Crippen LogP contribution in [0.15, 0.2) is 6.07 Å². The van der Waals surface area contributed by atoms with Gasteiger partial charge in [-0.05, 0) is 31.4 Å². The van der Waals surface area contributed by atoms with E-state index in [1.165, 1.54) is 0 Å². The van der Waals surface area contributed by atoms with Gasteiger partial charge in [-0.2, -0.15) is 0 Å². The van der Waals surface area contributed by atoms with Gasteiger partial charge in [-0.25, -0.2) is 0 Å². The molecule has 3 unspecified atom stereocenters. The van der Waals surface area contributed by atoms with Crippen LogP contribution >= 0.6 is 0 Å². The SMILES string of the molecule is COCC12OC3c4c(C)cc5c(OC)c6c(c(O)c5c4O[C@](OC)(C3O1)[C@@]21CO1)C(=O)CCC6. The molecular weight excluding hydrogens is 444 g/mol. The Bertz CT molecular complexity index is 1280. The van der Waals surface area contributed by atoms with Crippen molar-refractivity contribution in [3.8, 4) is 17.2 Å². The van der Waals surface area contributed by atoms with Gasteiger partial charge in [-0.1, -0.05) is 0 Å². The summed E-state index contributed by atoms with van der Waals surface area (Å²) in [6.07, 6.45) is 0.628. The van der Waals surface area contributed by atoms with Gasteiger partial charge in [0.1, 0.15) is 30.0 Å². The van der Waals surface area contributed by atoms with Gasteiger partial charge >= 0.3 is 0 Å². The number of hydrogen-bond donors (Lipinski definition) is 1. The van der Waals surface area contributed by atoms with E-state index in [0.29, 0.717) is 47.3 Å². The van der Waals surface area contributed by atoms with Crippen molar-refractivity contribution in [2.75, 3.05) is 34.5 Å². The molecule has 4 aliphatic heterocycles. The zero-order valence-electron chi connectivity index (χ0n) is 19.5. The average molecular weight is 470 g/mol. The fourth-order valence-electron chi connectivity index (χ4n) is 6.76. The largest absolute Gasteiger partial charge is 0.506 e. The minimum atomic E-state index is -1.30. The maximum atomic E-state index is 12.9. The number of benzene rings is 2. The molecular formula is C25H26O9. The van der Waals surface area contributed by atoms with E-state index in [4.69, 9.17) is 33.2 Å². The molecule has 0 aromatic heterocycles. The number of aryl methyl sites for hydroxylation is 1. The van der Waals surface area contributed by atoms with E-state index >= 15 is 0 Å². The summed E-state index contributed by atoms with van der Waals surface area (Å²) in [5.41, 5.74) is 1.68. The molecule has 34 heavy (non-hydrogen) atoms. The number of carbonyl (C=O) groups is 1. The molecule has 7 rings (SSSR count). The number of fused-ring (bicyclic) bond motifs is 8. The first-order chi connectivity index (χ1) is 16.4. The number of carbonyl (C=O) groups excluding carboxylic acids is 1. The summed E-state index contributed by atoms with van der Waals surface area (Å²) in [5.74, 6) is -1.68. The number of phenols is 1. The van der Waals surface area contributed by atoms with E-state index in [1.807, 2.05) is 13.0 Å². The molecule has 4 heterocycles. The number of epoxide rings is 1. The molecule has 9 heteroatoms. The average Bonchev–Trinajstić information content (AvgIpc) is 3.49. The number of ether oxygens (including phenoxy) is 7. The predicted octanol–water partition coefficient (Wildman–Crippen LogP) is 2.70. The van der Waals surface area contributed by atoms with Gasteiger partial charge in [0.2, 0.25) is 11.4 Å². The molecule has 1 N–H and O–H groups in total. The lowest BCUT2D eigenvalue weighted by Crippen LogP contribution is -2.68. The summed E-state index contributed by atoms with van der Waals surface area (Å²) in [7, 11) is 4.72. The van der Waals surface area contributed by atoms with Crippen LogP contribution in [0, 0.1) is 6.92 Å². The second-order valence-electron chi connectivity index (χ2n) is 9.72. The molecule has 3 fully saturated rings. The van der Waals surface area contributed by atoms with Gasteiger partial charge in [0.15, 0.2) is 11.9 Å². The summed E-state index contributed by atoms with van der Waals surface area (Å²) >= 11 is 0. The molecule has 5 atom stereocenters. The third-order valence-electron chi connectivity index (χ3n) is 8.21. The van der Waals surface area contributed by atoms with Gasteiger partial charge in [0.25, 0.3) is 5.79 Å². The van der Waals surface area contributed by atoms with Crippen LogP contribution in [0.1, 0.15) is 46.0 Å². The fraction of sp³-hybridized carbons (Fsp3) is 0.560. The fourth-order valence-corrected chi connectivity index (χ4v) is 6.76. The summed E-state index contributed by atoms with van der Waals surface area (Å²) in [6, 6.07) is 1.96. The number of Topliss-reactive ketones (excluding diaryl/α,β-unsaturated/α-hetero) is 1. The number of hydrogen-bond acceptors (Lipinski definition) is 9. The van der Waals surface area contributed by atoms with Crippen LogP contribution in [-0.4, -0.2) is 68.7 Å². The van der Waals surface area contributed by atoms with E-state index < -0.39 is 29.4 Å². The molecule has 1 spiro atoms. The van der Waals surface area contributed by atoms with Gasteiger partial charge < -0.3 is 38.3 Å². The molecule has 180 valence electrons. The maximum Gasteiger partial charge on any atom is 0.276 e. The van der Waals surface area contributed by atoms with Crippen LogP contribution in [0.5, 0.6) is 17.2 Å². The van der Waals surface area contributed by atoms with Crippen LogP contribution in [0.2, 0.25) is 0 Å². The molecule has 2 aromatic carbocycles. The first-order valence-corrected chi connectivity index (χ1v) is 11.5. The van der Waals surface area contributed by atoms with Crippen LogP contribution in [0.3, 0.4) is 0 Å². The molecule has 2 bridgehead atoms. The highest BCUT2D eigenvalue weighted by atomic mass is 16.9. The smallest absolute Gasteiger partial charge is 0.276 e. The summed E-state index contributed by atoms with van der Waals surface area (Å²) < 4.78 is 42.9. The Hall–Kier alpha value is -2.43. The summed E-state index contributed by atoms with van der Waals surface area (Å²) in [6.45, 7) is 2.43. The highest BCUT2D eigenvalue weighted by molar-refractivity contribution is 6.11. The molecule has 5 aliphatic rings. The lowest BCUT2D eigenvalue weighted by molar-refractivity contribution is -0.295. The maximum absolute atomic E-state index is 12.9. The van der Waals surface area contributed by atoms with E-state index in [-0.39, 0.29) is 18.1 Å². The van der Waals surface area contributed by atoms with E-state index in [2.05, 4.69) is 0 Å². The molecule has 9 nitrogen and oxygen atoms in total. The Morgan fingerprint density at radius 2 is 2.00 bits per heavy atom. The summed E-state index contributed by atoms with van der Waals surface area (Å²) in [5, 5.41) is 12.6. The van der Waals surface area contributed by atoms with E-state index in [1.54, 1.807) is 21.3 Å². The Balaban J connectivity index is 1.55. The zero-order valence-corrected chi connectivity index (χ0v) is 19.5. The molecule has 0 amide bonds. The molecule has 1 aliphatic carbocycles. The van der Waals surface area contributed by atoms with E-state index in [0.717, 1.165) is 23.1 Å². The Morgan fingerprint density at radius 1 is 1.21 bits per heavy atom. The number of rotatable bonds is 4. The van der Waals surface area contributed by atoms with Crippen molar-refractivity contribution in [2.24, 2.45) is 0 Å². The lowest BCUT2D eigenvalue weighted by Gasteiger charge is -2.48. The zero-order chi connectivity index (χ0) is 23.6. The van der Waals surface area contributed by atoms with Gasteiger partial charge in [0, 0.05) is 37.2 Å². The highest BCUT2D eigenvalue weighted by Crippen LogP contribution is 2.70. The minimum Gasteiger partial charge on any atom is -0.506 e. The van der Waals surface area contributed by atoms with Gasteiger partial charge in [0.05, 0.1) is 24.7 Å². The monoisotopic (exact) mass is 470 g/mol. The van der Waals surface area contributed by atoms with Gasteiger partial charge in [-0.15, -0.1) is 0 Å². The van der Waals surface area contributed by atoms with Crippen molar-refractivity contribution in [1.29, 1.82) is 0 Å². The van der Waals surface area contributed by atoms with Gasteiger partial charge in [-0.3, -0.25) is 4.79 Å². The van der Waals surface area contributed by atoms with Crippen molar-refractivity contribution in [2.45, 2.75) is 55.6 Å². The third kappa shape index (κ3) is 2.05. The lowest BCUT2D eigenvalue weighted by atomic mass is 9.78. The normalized spacial score (nSPS) is 36.5. The summed E-state index contributed by atoms with van der Waals surface area (Å²) in [4.78, 5) is 12.9. The van der Waals surface area contributed by atoms with Crippen LogP contribution in [-0.2, 0) is 30.1 Å². The van der Waals surface area contributed by atoms with Crippen molar-refractivity contribution in [1.82, 2.24) is 0 Å². The predicted molar refractivity (Wildman–Crippen MR) is 117 cm³/mol. The standard InChI is InChI=1S/C25H26O9/c1-11-8-13-17(18(27)16-12(19(13)29-3)6-5-7-14(16)26)20-15(11)21-22-25(30-4,33-20)23(9-31-23)24(32-21,34-22)10-28-2/h8,21-22,27H,5-7,9-10H2,1-4H3/t21?,22?,23-,24?,25-/m1/s1. The minimum absolute atomic E-state index is 0.0939. The van der Waals surface area contributed by atoms with Crippen molar-refractivity contribution in [3.05, 3.63) is 28.3 Å². The van der Waals surface area contributed by atoms with Crippen LogP contribution in [0.4, 0.5) is 0 Å². The number of methoxy groups -OCH3 is 3.